The number of hydrogen-bond acceptors (Lipinski definition) is 6. The van der Waals surface area contributed by atoms with Crippen LogP contribution in [0, 0.1) is 0 Å². The third-order valence-electron chi connectivity index (χ3n) is 4.14. The van der Waals surface area contributed by atoms with Gasteiger partial charge in [-0.25, -0.2) is 4.52 Å². The van der Waals surface area contributed by atoms with Crippen molar-refractivity contribution in [3.8, 4) is 11.5 Å². The first-order valence-corrected chi connectivity index (χ1v) is 9.13. The summed E-state index contributed by atoms with van der Waals surface area (Å²) in [7, 11) is 0. The number of hydrogen-bond donors (Lipinski definition) is 0. The Bertz CT molecular complexity index is 1260. The predicted octanol–water partition coefficient (Wildman–Crippen LogP) is 4.36. The van der Waals surface area contributed by atoms with E-state index in [0.717, 1.165) is 11.3 Å². The standard InChI is InChI=1S/C20H12N4O2S/c25-19(18-7-4-10-27-18)15-12-21-24-17-11-14(26-13-5-2-1-3-6-13)8-9-16(17)22-23-20(15)24/h1-12H. The van der Waals surface area contributed by atoms with Gasteiger partial charge in [-0.05, 0) is 35.7 Å². The average molecular weight is 372 g/mol. The molecule has 3 aromatic heterocycles. The Balaban J connectivity index is 1.61. The van der Waals surface area contributed by atoms with Gasteiger partial charge in [0, 0.05) is 6.07 Å². The number of para-hydroxylation sites is 1. The van der Waals surface area contributed by atoms with Gasteiger partial charge in [-0.1, -0.05) is 24.3 Å². The number of carbonyl (C=O) groups excluding carboxylic acids is 1. The highest BCUT2D eigenvalue weighted by atomic mass is 32.1. The molecule has 0 N–H and O–H groups in total. The van der Waals surface area contributed by atoms with Crippen LogP contribution < -0.4 is 4.74 Å². The van der Waals surface area contributed by atoms with Crippen molar-refractivity contribution in [2.75, 3.05) is 0 Å². The molecule has 7 heteroatoms. The van der Waals surface area contributed by atoms with Crippen LogP contribution in [0.3, 0.4) is 0 Å². The quantitative estimate of drug-likeness (QED) is 0.438. The lowest BCUT2D eigenvalue weighted by Crippen LogP contribution is -2.02. The highest BCUT2D eigenvalue weighted by Crippen LogP contribution is 2.26. The van der Waals surface area contributed by atoms with Crippen LogP contribution in [0.1, 0.15) is 15.2 Å². The molecule has 0 saturated carbocycles. The van der Waals surface area contributed by atoms with Crippen LogP contribution in [0.5, 0.6) is 11.5 Å². The molecule has 0 amide bonds. The fourth-order valence-corrected chi connectivity index (χ4v) is 3.54. The zero-order valence-corrected chi connectivity index (χ0v) is 14.8. The number of ether oxygens (including phenoxy) is 1. The summed E-state index contributed by atoms with van der Waals surface area (Å²) < 4.78 is 7.52. The molecule has 2 aromatic carbocycles. The smallest absolute Gasteiger partial charge is 0.208 e. The van der Waals surface area contributed by atoms with Crippen LogP contribution in [-0.4, -0.2) is 25.6 Å². The summed E-state index contributed by atoms with van der Waals surface area (Å²) in [6.07, 6.45) is 1.54. The monoisotopic (exact) mass is 372 g/mol. The minimum absolute atomic E-state index is 0.106. The highest BCUT2D eigenvalue weighted by molar-refractivity contribution is 7.12. The molecule has 0 spiro atoms. The first-order valence-electron chi connectivity index (χ1n) is 8.25. The molecular weight excluding hydrogens is 360 g/mol. The first-order chi connectivity index (χ1) is 13.3. The van der Waals surface area contributed by atoms with Crippen LogP contribution >= 0.6 is 11.3 Å². The third-order valence-corrected chi connectivity index (χ3v) is 5.01. The Labute approximate surface area is 157 Å². The maximum atomic E-state index is 12.7. The van der Waals surface area contributed by atoms with E-state index in [1.165, 1.54) is 17.5 Å². The summed E-state index contributed by atoms with van der Waals surface area (Å²) in [6.45, 7) is 0. The molecule has 3 heterocycles. The fourth-order valence-electron chi connectivity index (χ4n) is 2.86. The molecule has 27 heavy (non-hydrogen) atoms. The summed E-state index contributed by atoms with van der Waals surface area (Å²) >= 11 is 1.39. The molecule has 0 aliphatic rings. The molecule has 5 aromatic rings. The van der Waals surface area contributed by atoms with Gasteiger partial charge in [0.2, 0.25) is 5.78 Å². The number of thiophene rings is 1. The Morgan fingerprint density at radius 2 is 1.85 bits per heavy atom. The van der Waals surface area contributed by atoms with Gasteiger partial charge >= 0.3 is 0 Å². The number of fused-ring (bicyclic) bond motifs is 3. The molecule has 0 unspecified atom stereocenters. The van der Waals surface area contributed by atoms with Gasteiger partial charge in [-0.15, -0.1) is 21.5 Å². The van der Waals surface area contributed by atoms with Crippen molar-refractivity contribution in [1.29, 1.82) is 0 Å². The molecule has 0 saturated heterocycles. The fraction of sp³-hybridized carbons (Fsp3) is 0. The molecule has 130 valence electrons. The minimum atomic E-state index is -0.106. The van der Waals surface area contributed by atoms with Crippen LogP contribution in [-0.2, 0) is 0 Å². The van der Waals surface area contributed by atoms with Crippen LogP contribution in [0.25, 0.3) is 16.7 Å². The molecule has 5 rings (SSSR count). The second-order valence-electron chi connectivity index (χ2n) is 5.87. The molecule has 0 bridgehead atoms. The van der Waals surface area contributed by atoms with Gasteiger partial charge < -0.3 is 4.74 Å². The normalized spacial score (nSPS) is 11.1. The van der Waals surface area contributed by atoms with Gasteiger partial charge in [0.1, 0.15) is 17.0 Å². The third kappa shape index (κ3) is 2.74. The SMILES string of the molecule is O=C(c1cccs1)c1cnn2c1nnc1ccc(Oc3ccccc3)cc12. The number of aromatic nitrogens is 4. The first kappa shape index (κ1) is 15.7. The summed E-state index contributed by atoms with van der Waals surface area (Å²) in [5.41, 5.74) is 2.25. The maximum Gasteiger partial charge on any atom is 0.208 e. The van der Waals surface area contributed by atoms with Crippen molar-refractivity contribution < 1.29 is 9.53 Å². The van der Waals surface area contributed by atoms with E-state index in [9.17, 15) is 4.79 Å². The lowest BCUT2D eigenvalue weighted by atomic mass is 10.2. The highest BCUT2D eigenvalue weighted by Gasteiger charge is 2.18. The lowest BCUT2D eigenvalue weighted by Gasteiger charge is -2.07. The predicted molar refractivity (Wildman–Crippen MR) is 103 cm³/mol. The molecule has 0 aliphatic heterocycles. The Morgan fingerprint density at radius 1 is 0.963 bits per heavy atom. The number of rotatable bonds is 4. The molecule has 0 atom stereocenters. The number of carbonyl (C=O) groups is 1. The average Bonchev–Trinajstić information content (AvgIpc) is 3.38. The van der Waals surface area contributed by atoms with Gasteiger partial charge in [0.05, 0.1) is 22.2 Å². The van der Waals surface area contributed by atoms with Crippen molar-refractivity contribution in [2.45, 2.75) is 0 Å². The van der Waals surface area contributed by atoms with E-state index in [2.05, 4.69) is 15.3 Å². The number of nitrogens with zero attached hydrogens (tertiary/aromatic N) is 4. The lowest BCUT2D eigenvalue weighted by molar-refractivity contribution is 0.104. The Morgan fingerprint density at radius 3 is 2.67 bits per heavy atom. The number of benzene rings is 2. The summed E-state index contributed by atoms with van der Waals surface area (Å²) in [6, 6.07) is 18.7. The molecule has 0 fully saturated rings. The van der Waals surface area contributed by atoms with Crippen molar-refractivity contribution in [3.05, 3.63) is 82.7 Å². The topological polar surface area (TPSA) is 69.4 Å². The zero-order valence-electron chi connectivity index (χ0n) is 13.9. The van der Waals surface area contributed by atoms with Gasteiger partial charge in [0.25, 0.3) is 0 Å². The molecular formula is C20H12N4O2S. The van der Waals surface area contributed by atoms with Crippen molar-refractivity contribution in [2.24, 2.45) is 0 Å². The Hall–Kier alpha value is -3.58. The molecule has 6 nitrogen and oxygen atoms in total. The van der Waals surface area contributed by atoms with Gasteiger partial charge in [-0.3, -0.25) is 4.79 Å². The largest absolute Gasteiger partial charge is 0.457 e. The summed E-state index contributed by atoms with van der Waals surface area (Å²) in [5.74, 6) is 1.29. The second-order valence-corrected chi connectivity index (χ2v) is 6.81. The van der Waals surface area contributed by atoms with E-state index in [1.807, 2.05) is 60.0 Å². The van der Waals surface area contributed by atoms with Crippen LogP contribution in [0.15, 0.2) is 72.2 Å². The zero-order chi connectivity index (χ0) is 18.2. The molecule has 0 aliphatic carbocycles. The van der Waals surface area contributed by atoms with E-state index in [0.29, 0.717) is 27.4 Å². The van der Waals surface area contributed by atoms with E-state index < -0.39 is 0 Å². The van der Waals surface area contributed by atoms with Crippen molar-refractivity contribution in [3.63, 3.8) is 0 Å². The summed E-state index contributed by atoms with van der Waals surface area (Å²) in [4.78, 5) is 13.3. The summed E-state index contributed by atoms with van der Waals surface area (Å²) in [5, 5.41) is 14.7. The van der Waals surface area contributed by atoms with Crippen molar-refractivity contribution in [1.82, 2.24) is 19.8 Å². The second kappa shape index (κ2) is 6.30. The van der Waals surface area contributed by atoms with E-state index >= 15 is 0 Å². The van der Waals surface area contributed by atoms with E-state index in [-0.39, 0.29) is 5.78 Å². The van der Waals surface area contributed by atoms with E-state index in [1.54, 1.807) is 10.6 Å². The van der Waals surface area contributed by atoms with Gasteiger partial charge in [-0.2, -0.15) is 5.10 Å². The minimum Gasteiger partial charge on any atom is -0.457 e. The van der Waals surface area contributed by atoms with Crippen LogP contribution in [0.4, 0.5) is 0 Å². The van der Waals surface area contributed by atoms with Crippen LogP contribution in [0.2, 0.25) is 0 Å². The Kier molecular flexibility index (Phi) is 3.65. The van der Waals surface area contributed by atoms with Crippen molar-refractivity contribution >= 4 is 33.8 Å². The number of ketones is 1. The maximum absolute atomic E-state index is 12.7. The van der Waals surface area contributed by atoms with Gasteiger partial charge in [0.15, 0.2) is 5.65 Å². The van der Waals surface area contributed by atoms with E-state index in [4.69, 9.17) is 4.74 Å². The molecule has 0 radical (unpaired) electrons.